The van der Waals surface area contributed by atoms with Gasteiger partial charge in [-0.25, -0.2) is 0 Å². The molecule has 27 heavy (non-hydrogen) atoms. The number of para-hydroxylation sites is 1. The van der Waals surface area contributed by atoms with Crippen molar-refractivity contribution in [3.05, 3.63) is 46.5 Å². The minimum absolute atomic E-state index is 0.0928. The van der Waals surface area contributed by atoms with E-state index < -0.39 is 11.8 Å². The van der Waals surface area contributed by atoms with Gasteiger partial charge in [-0.2, -0.15) is 0 Å². The molecule has 0 bridgehead atoms. The second-order valence-electron chi connectivity index (χ2n) is 6.05. The van der Waals surface area contributed by atoms with Crippen LogP contribution in [0.2, 0.25) is 5.02 Å². The van der Waals surface area contributed by atoms with Gasteiger partial charge >= 0.3 is 0 Å². The van der Waals surface area contributed by atoms with E-state index in [0.29, 0.717) is 17.9 Å². The van der Waals surface area contributed by atoms with Crippen molar-refractivity contribution in [2.24, 2.45) is 11.7 Å². The Hall–Kier alpha value is -2.93. The minimum Gasteiger partial charge on any atom is -0.494 e. The fourth-order valence-electron chi connectivity index (χ4n) is 3.05. The average Bonchev–Trinajstić information content (AvgIpc) is 2.66. The average molecular weight is 391 g/mol. The third kappa shape index (κ3) is 3.78. The molecular formula is C19H19ClN2O5. The molecule has 142 valence electrons. The number of hydrogen-bond acceptors (Lipinski definition) is 5. The molecule has 1 aliphatic rings. The Morgan fingerprint density at radius 3 is 2.70 bits per heavy atom. The second kappa shape index (κ2) is 7.75. The van der Waals surface area contributed by atoms with Crippen LogP contribution in [0.5, 0.6) is 17.2 Å². The molecule has 0 spiro atoms. The first-order valence-electron chi connectivity index (χ1n) is 8.21. The molecule has 1 atom stereocenters. The number of carbonyl (C=O) groups excluding carboxylic acids is 2. The van der Waals surface area contributed by atoms with E-state index in [4.69, 9.17) is 31.5 Å². The van der Waals surface area contributed by atoms with Crippen LogP contribution in [0.25, 0.3) is 0 Å². The number of primary amides is 1. The van der Waals surface area contributed by atoms with Crippen molar-refractivity contribution in [1.29, 1.82) is 0 Å². The first-order chi connectivity index (χ1) is 12.9. The van der Waals surface area contributed by atoms with E-state index in [0.717, 1.165) is 5.56 Å². The number of rotatable bonds is 5. The van der Waals surface area contributed by atoms with Crippen molar-refractivity contribution in [1.82, 2.24) is 0 Å². The normalized spacial score (nSPS) is 15.3. The van der Waals surface area contributed by atoms with Crippen LogP contribution < -0.4 is 25.3 Å². The molecule has 2 aromatic carbocycles. The predicted molar refractivity (Wildman–Crippen MR) is 101 cm³/mol. The molecule has 0 aromatic heterocycles. The molecular weight excluding hydrogens is 372 g/mol. The Bertz CT molecular complexity index is 900. The van der Waals surface area contributed by atoms with Crippen LogP contribution in [0, 0.1) is 5.92 Å². The number of carbonyl (C=O) groups is 2. The lowest BCUT2D eigenvalue weighted by Gasteiger charge is -2.26. The summed E-state index contributed by atoms with van der Waals surface area (Å²) in [5.74, 6) is 0.0464. The minimum atomic E-state index is -0.702. The maximum atomic E-state index is 12.8. The summed E-state index contributed by atoms with van der Waals surface area (Å²) in [6.07, 6.45) is 0.490. The van der Waals surface area contributed by atoms with Crippen molar-refractivity contribution >= 4 is 29.1 Å². The van der Waals surface area contributed by atoms with Crippen LogP contribution in [-0.4, -0.2) is 32.6 Å². The van der Waals surface area contributed by atoms with Crippen molar-refractivity contribution in [2.75, 3.05) is 26.1 Å². The molecule has 1 unspecified atom stereocenters. The highest BCUT2D eigenvalue weighted by atomic mass is 35.5. The Morgan fingerprint density at radius 1 is 1.26 bits per heavy atom. The highest BCUT2D eigenvalue weighted by Gasteiger charge is 2.29. The molecule has 0 saturated carbocycles. The number of nitrogens with two attached hydrogens (primary N) is 1. The molecule has 8 heteroatoms. The van der Waals surface area contributed by atoms with Gasteiger partial charge in [-0.3, -0.25) is 9.59 Å². The lowest BCUT2D eigenvalue weighted by molar-refractivity contribution is -0.121. The van der Waals surface area contributed by atoms with E-state index >= 15 is 0 Å². The van der Waals surface area contributed by atoms with Gasteiger partial charge < -0.3 is 25.3 Å². The van der Waals surface area contributed by atoms with Crippen LogP contribution in [0.1, 0.15) is 15.9 Å². The number of halogens is 1. The van der Waals surface area contributed by atoms with E-state index in [2.05, 4.69) is 5.32 Å². The highest BCUT2D eigenvalue weighted by Crippen LogP contribution is 2.37. The van der Waals surface area contributed by atoms with Gasteiger partial charge in [0.2, 0.25) is 5.91 Å². The maximum Gasteiger partial charge on any atom is 0.252 e. The smallest absolute Gasteiger partial charge is 0.252 e. The number of hydrogen-bond donors (Lipinski definition) is 2. The number of anilines is 1. The third-order valence-corrected chi connectivity index (χ3v) is 4.55. The maximum absolute atomic E-state index is 12.8. The first kappa shape index (κ1) is 18.8. The Balaban J connectivity index is 1.83. The van der Waals surface area contributed by atoms with Crippen LogP contribution in [0.3, 0.4) is 0 Å². The SMILES string of the molecule is COc1cccc2c1OCC(C(=O)Nc1cc(Cl)cc(C(N)=O)c1OC)C2. The lowest BCUT2D eigenvalue weighted by Crippen LogP contribution is -2.33. The summed E-state index contributed by atoms with van der Waals surface area (Å²) in [4.78, 5) is 24.4. The van der Waals surface area contributed by atoms with Gasteiger partial charge in [0.25, 0.3) is 5.91 Å². The Labute approximate surface area is 161 Å². The van der Waals surface area contributed by atoms with E-state index in [1.54, 1.807) is 13.2 Å². The molecule has 1 heterocycles. The largest absolute Gasteiger partial charge is 0.494 e. The molecule has 3 rings (SSSR count). The van der Waals surface area contributed by atoms with Gasteiger partial charge in [0, 0.05) is 5.02 Å². The van der Waals surface area contributed by atoms with Gasteiger partial charge in [0.15, 0.2) is 17.2 Å². The molecule has 0 radical (unpaired) electrons. The summed E-state index contributed by atoms with van der Waals surface area (Å²) in [5, 5.41) is 3.02. The van der Waals surface area contributed by atoms with Crippen molar-refractivity contribution in [3.63, 3.8) is 0 Å². The van der Waals surface area contributed by atoms with E-state index in [-0.39, 0.29) is 34.5 Å². The number of nitrogens with one attached hydrogen (secondary N) is 1. The van der Waals surface area contributed by atoms with Gasteiger partial charge in [-0.15, -0.1) is 0 Å². The Morgan fingerprint density at radius 2 is 2.04 bits per heavy atom. The summed E-state index contributed by atoms with van der Waals surface area (Å²) in [5.41, 5.74) is 6.62. The summed E-state index contributed by atoms with van der Waals surface area (Å²) >= 11 is 6.04. The zero-order valence-electron chi connectivity index (χ0n) is 14.9. The quantitative estimate of drug-likeness (QED) is 0.817. The zero-order chi connectivity index (χ0) is 19.6. The van der Waals surface area contributed by atoms with Gasteiger partial charge in [-0.05, 0) is 30.2 Å². The number of benzene rings is 2. The lowest BCUT2D eigenvalue weighted by atomic mass is 9.95. The fraction of sp³-hybridized carbons (Fsp3) is 0.263. The van der Waals surface area contributed by atoms with Gasteiger partial charge in [0.1, 0.15) is 6.61 Å². The molecule has 0 fully saturated rings. The molecule has 3 N–H and O–H groups in total. The van der Waals surface area contributed by atoms with Gasteiger partial charge in [0.05, 0.1) is 31.4 Å². The van der Waals surface area contributed by atoms with E-state index in [9.17, 15) is 9.59 Å². The second-order valence-corrected chi connectivity index (χ2v) is 6.48. The topological polar surface area (TPSA) is 99.9 Å². The molecule has 0 aliphatic carbocycles. The number of ether oxygens (including phenoxy) is 3. The summed E-state index contributed by atoms with van der Waals surface area (Å²) in [7, 11) is 2.96. The van der Waals surface area contributed by atoms with Crippen LogP contribution in [-0.2, 0) is 11.2 Å². The fourth-order valence-corrected chi connectivity index (χ4v) is 3.27. The zero-order valence-corrected chi connectivity index (χ0v) is 15.6. The van der Waals surface area contributed by atoms with E-state index in [1.165, 1.54) is 19.2 Å². The summed E-state index contributed by atoms with van der Waals surface area (Å²) < 4.78 is 16.3. The molecule has 7 nitrogen and oxygen atoms in total. The third-order valence-electron chi connectivity index (χ3n) is 4.33. The molecule has 2 amide bonds. The molecule has 2 aromatic rings. The number of fused-ring (bicyclic) bond motifs is 1. The Kier molecular flexibility index (Phi) is 5.41. The van der Waals surface area contributed by atoms with Crippen molar-refractivity contribution in [3.8, 4) is 17.2 Å². The standard InChI is InChI=1S/C19H19ClN2O5/c1-25-15-5-3-4-10-6-11(9-27-16(10)15)19(24)22-14-8-12(20)7-13(18(21)23)17(14)26-2/h3-5,7-8,11H,6,9H2,1-2H3,(H2,21,23)(H,22,24). The number of methoxy groups -OCH3 is 2. The highest BCUT2D eigenvalue weighted by molar-refractivity contribution is 6.31. The van der Waals surface area contributed by atoms with Crippen LogP contribution >= 0.6 is 11.6 Å². The van der Waals surface area contributed by atoms with Gasteiger partial charge in [-0.1, -0.05) is 23.7 Å². The van der Waals surface area contributed by atoms with E-state index in [1.807, 2.05) is 12.1 Å². The van der Waals surface area contributed by atoms with Crippen LogP contribution in [0.4, 0.5) is 5.69 Å². The van der Waals surface area contributed by atoms with Crippen molar-refractivity contribution in [2.45, 2.75) is 6.42 Å². The summed E-state index contributed by atoms with van der Waals surface area (Å²) in [6.45, 7) is 0.199. The molecule has 0 saturated heterocycles. The number of amides is 2. The monoisotopic (exact) mass is 390 g/mol. The first-order valence-corrected chi connectivity index (χ1v) is 8.59. The van der Waals surface area contributed by atoms with Crippen LogP contribution in [0.15, 0.2) is 30.3 Å². The summed E-state index contributed by atoms with van der Waals surface area (Å²) in [6, 6.07) is 8.44. The van der Waals surface area contributed by atoms with Crippen molar-refractivity contribution < 1.29 is 23.8 Å². The predicted octanol–water partition coefficient (Wildman–Crippen LogP) is 2.65. The molecule has 1 aliphatic heterocycles.